The van der Waals surface area contributed by atoms with Crippen LogP contribution in [0.25, 0.3) is 0 Å². The fraction of sp³-hybridized carbons (Fsp3) is 0.250. The SMILES string of the molecule is CC(NC(C)c1cccc(Br)c1)c1cc(O)cc(O)c1. The van der Waals surface area contributed by atoms with E-state index in [9.17, 15) is 10.2 Å². The van der Waals surface area contributed by atoms with Gasteiger partial charge in [-0.2, -0.15) is 0 Å². The average molecular weight is 336 g/mol. The minimum atomic E-state index is 0.0157. The van der Waals surface area contributed by atoms with E-state index in [0.29, 0.717) is 0 Å². The molecule has 2 unspecified atom stereocenters. The Balaban J connectivity index is 2.12. The van der Waals surface area contributed by atoms with Crippen LogP contribution in [0.3, 0.4) is 0 Å². The molecule has 2 atom stereocenters. The van der Waals surface area contributed by atoms with Gasteiger partial charge in [0.15, 0.2) is 0 Å². The summed E-state index contributed by atoms with van der Waals surface area (Å²) in [5, 5.41) is 22.5. The van der Waals surface area contributed by atoms with Crippen LogP contribution >= 0.6 is 15.9 Å². The summed E-state index contributed by atoms with van der Waals surface area (Å²) in [7, 11) is 0. The molecule has 0 aliphatic rings. The molecule has 0 aliphatic carbocycles. The Morgan fingerprint density at radius 3 is 2.10 bits per heavy atom. The Kier molecular flexibility index (Phi) is 4.68. The summed E-state index contributed by atoms with van der Waals surface area (Å²) in [6.07, 6.45) is 0. The Hall–Kier alpha value is -1.52. The van der Waals surface area contributed by atoms with Crippen LogP contribution in [-0.2, 0) is 0 Å². The van der Waals surface area contributed by atoms with Crippen molar-refractivity contribution >= 4 is 15.9 Å². The molecule has 106 valence electrons. The van der Waals surface area contributed by atoms with Crippen molar-refractivity contribution in [3.05, 3.63) is 58.1 Å². The Morgan fingerprint density at radius 1 is 0.900 bits per heavy atom. The summed E-state index contributed by atoms with van der Waals surface area (Å²) in [4.78, 5) is 0. The Bertz CT molecular complexity index is 581. The third kappa shape index (κ3) is 3.74. The van der Waals surface area contributed by atoms with Gasteiger partial charge in [-0.15, -0.1) is 0 Å². The zero-order valence-corrected chi connectivity index (χ0v) is 13.1. The summed E-state index contributed by atoms with van der Waals surface area (Å²) in [5.41, 5.74) is 2.03. The van der Waals surface area contributed by atoms with Gasteiger partial charge in [-0.1, -0.05) is 28.1 Å². The largest absolute Gasteiger partial charge is 0.508 e. The fourth-order valence-electron chi connectivity index (χ4n) is 2.21. The zero-order valence-electron chi connectivity index (χ0n) is 11.5. The van der Waals surface area contributed by atoms with E-state index in [1.165, 1.54) is 11.6 Å². The van der Waals surface area contributed by atoms with Gasteiger partial charge in [0.2, 0.25) is 0 Å². The molecular formula is C16H18BrNO2. The maximum atomic E-state index is 9.54. The van der Waals surface area contributed by atoms with Crippen molar-refractivity contribution in [2.24, 2.45) is 0 Å². The Morgan fingerprint density at radius 2 is 1.50 bits per heavy atom. The smallest absolute Gasteiger partial charge is 0.119 e. The summed E-state index contributed by atoms with van der Waals surface area (Å²) < 4.78 is 1.05. The van der Waals surface area contributed by atoms with Crippen LogP contribution in [0, 0.1) is 0 Å². The van der Waals surface area contributed by atoms with E-state index in [4.69, 9.17) is 0 Å². The van der Waals surface area contributed by atoms with Crippen LogP contribution in [0.4, 0.5) is 0 Å². The maximum absolute atomic E-state index is 9.54. The first-order chi connectivity index (χ1) is 9.45. The van der Waals surface area contributed by atoms with Gasteiger partial charge in [-0.25, -0.2) is 0 Å². The number of benzene rings is 2. The lowest BCUT2D eigenvalue weighted by Crippen LogP contribution is -2.22. The van der Waals surface area contributed by atoms with Crippen LogP contribution in [0.5, 0.6) is 11.5 Å². The molecular weight excluding hydrogens is 318 g/mol. The molecule has 20 heavy (non-hydrogen) atoms. The molecule has 0 fully saturated rings. The lowest BCUT2D eigenvalue weighted by Gasteiger charge is -2.21. The quantitative estimate of drug-likeness (QED) is 0.781. The van der Waals surface area contributed by atoms with Gasteiger partial charge < -0.3 is 15.5 Å². The van der Waals surface area contributed by atoms with E-state index >= 15 is 0 Å². The zero-order chi connectivity index (χ0) is 14.7. The molecule has 2 rings (SSSR count). The van der Waals surface area contributed by atoms with Gasteiger partial charge in [-0.05, 0) is 49.2 Å². The van der Waals surface area contributed by atoms with E-state index in [2.05, 4.69) is 40.3 Å². The molecule has 0 aliphatic heterocycles. The first kappa shape index (κ1) is 14.9. The molecule has 0 aromatic heterocycles. The van der Waals surface area contributed by atoms with Crippen LogP contribution in [0.2, 0.25) is 0 Å². The maximum Gasteiger partial charge on any atom is 0.119 e. The van der Waals surface area contributed by atoms with Crippen LogP contribution in [-0.4, -0.2) is 10.2 Å². The van der Waals surface area contributed by atoms with E-state index in [1.54, 1.807) is 12.1 Å². The van der Waals surface area contributed by atoms with Crippen molar-refractivity contribution in [1.29, 1.82) is 0 Å². The normalized spacial score (nSPS) is 13.9. The topological polar surface area (TPSA) is 52.5 Å². The number of phenols is 2. The molecule has 2 aromatic rings. The van der Waals surface area contributed by atoms with Gasteiger partial charge >= 0.3 is 0 Å². The second kappa shape index (κ2) is 6.29. The molecule has 0 saturated heterocycles. The second-order valence-electron chi connectivity index (χ2n) is 4.95. The third-order valence-corrected chi connectivity index (χ3v) is 3.77. The number of phenolic OH excluding ortho intramolecular Hbond substituents is 2. The molecule has 0 spiro atoms. The standard InChI is InChI=1S/C16H18BrNO2/c1-10(12-4-3-5-14(17)6-12)18-11(2)13-7-15(19)9-16(20)8-13/h3-11,18-20H,1-2H3. The van der Waals surface area contributed by atoms with Crippen LogP contribution in [0.1, 0.15) is 37.1 Å². The van der Waals surface area contributed by atoms with Gasteiger partial charge in [-0.3, -0.25) is 0 Å². The van der Waals surface area contributed by atoms with Crippen LogP contribution in [0.15, 0.2) is 46.9 Å². The number of aromatic hydroxyl groups is 2. The summed E-state index contributed by atoms with van der Waals surface area (Å²) in [6.45, 7) is 4.09. The molecule has 2 aromatic carbocycles. The predicted molar refractivity (Wildman–Crippen MR) is 83.9 cm³/mol. The minimum Gasteiger partial charge on any atom is -0.508 e. The molecule has 4 heteroatoms. The number of hydrogen-bond acceptors (Lipinski definition) is 3. The monoisotopic (exact) mass is 335 g/mol. The third-order valence-electron chi connectivity index (χ3n) is 3.27. The number of halogens is 1. The molecule has 0 bridgehead atoms. The van der Waals surface area contributed by atoms with Gasteiger partial charge in [0.1, 0.15) is 11.5 Å². The highest BCUT2D eigenvalue weighted by atomic mass is 79.9. The summed E-state index contributed by atoms with van der Waals surface area (Å²) in [5.74, 6) is 0.146. The highest BCUT2D eigenvalue weighted by Crippen LogP contribution is 2.27. The van der Waals surface area contributed by atoms with Gasteiger partial charge in [0.25, 0.3) is 0 Å². The lowest BCUT2D eigenvalue weighted by atomic mass is 10.0. The number of nitrogens with one attached hydrogen (secondary N) is 1. The van der Waals surface area contributed by atoms with E-state index in [-0.39, 0.29) is 23.6 Å². The fourth-order valence-corrected chi connectivity index (χ4v) is 2.63. The van der Waals surface area contributed by atoms with Gasteiger partial charge in [0.05, 0.1) is 0 Å². The highest BCUT2D eigenvalue weighted by Gasteiger charge is 2.12. The van der Waals surface area contributed by atoms with Crippen molar-refractivity contribution in [2.45, 2.75) is 25.9 Å². The highest BCUT2D eigenvalue weighted by molar-refractivity contribution is 9.10. The van der Waals surface area contributed by atoms with Crippen molar-refractivity contribution in [2.75, 3.05) is 0 Å². The summed E-state index contributed by atoms with van der Waals surface area (Å²) in [6, 6.07) is 13.0. The molecule has 0 amide bonds. The molecule has 3 nitrogen and oxygen atoms in total. The first-order valence-electron chi connectivity index (χ1n) is 6.50. The van der Waals surface area contributed by atoms with Gasteiger partial charge in [0, 0.05) is 22.6 Å². The van der Waals surface area contributed by atoms with Crippen molar-refractivity contribution in [1.82, 2.24) is 5.32 Å². The van der Waals surface area contributed by atoms with Crippen molar-refractivity contribution < 1.29 is 10.2 Å². The predicted octanol–water partition coefficient (Wildman–Crippen LogP) is 4.27. The van der Waals surface area contributed by atoms with E-state index in [1.807, 2.05) is 19.1 Å². The number of rotatable bonds is 4. The minimum absolute atomic E-state index is 0.0157. The first-order valence-corrected chi connectivity index (χ1v) is 7.29. The van der Waals surface area contributed by atoms with Crippen LogP contribution < -0.4 is 5.32 Å². The molecule has 0 saturated carbocycles. The van der Waals surface area contributed by atoms with E-state index in [0.717, 1.165) is 10.0 Å². The Labute approximate surface area is 127 Å². The molecule has 0 heterocycles. The lowest BCUT2D eigenvalue weighted by molar-refractivity contribution is 0.442. The summed E-state index contributed by atoms with van der Waals surface area (Å²) >= 11 is 3.47. The second-order valence-corrected chi connectivity index (χ2v) is 5.86. The van der Waals surface area contributed by atoms with Crippen molar-refractivity contribution in [3.8, 4) is 11.5 Å². The van der Waals surface area contributed by atoms with E-state index < -0.39 is 0 Å². The number of hydrogen-bond donors (Lipinski definition) is 3. The van der Waals surface area contributed by atoms with Crippen molar-refractivity contribution in [3.63, 3.8) is 0 Å². The molecule has 3 N–H and O–H groups in total. The average Bonchev–Trinajstić information content (AvgIpc) is 2.37. The molecule has 0 radical (unpaired) electrons.